The normalized spacial score (nSPS) is 14.8. The van der Waals surface area contributed by atoms with Crippen LogP contribution in [0.15, 0.2) is 83.0 Å². The van der Waals surface area contributed by atoms with Crippen molar-refractivity contribution in [2.24, 2.45) is 0 Å². The average Bonchev–Trinajstić information content (AvgIpc) is 1.62. The molecule has 24 nitrogen and oxygen atoms in total. The molecule has 0 atom stereocenters. The van der Waals surface area contributed by atoms with E-state index in [2.05, 4.69) is 118 Å². The van der Waals surface area contributed by atoms with Crippen LogP contribution in [0.5, 0.6) is 28.7 Å². The van der Waals surface area contributed by atoms with E-state index >= 15 is 0 Å². The minimum atomic E-state index is -1.59. The number of hydrogen-bond acceptors (Lipinski definition) is 22. The summed E-state index contributed by atoms with van der Waals surface area (Å²) in [4.78, 5) is 65.4. The number of benzene rings is 5. The summed E-state index contributed by atoms with van der Waals surface area (Å²) >= 11 is 24.2. The molecule has 582 valence electrons. The van der Waals surface area contributed by atoms with Crippen molar-refractivity contribution in [3.05, 3.63) is 122 Å². The number of halogens is 14. The van der Waals surface area contributed by atoms with Gasteiger partial charge in [0.1, 0.15) is 6.61 Å². The van der Waals surface area contributed by atoms with Gasteiger partial charge in [-0.25, -0.2) is 22.0 Å². The minimum Gasteiger partial charge on any atom is -1.00 e. The number of nitrogens with zero attached hydrogens (tertiary/aromatic N) is 3. The van der Waals surface area contributed by atoms with Crippen LogP contribution in [0.2, 0.25) is 0 Å². The number of nitro benzene ring substituents is 1. The van der Waals surface area contributed by atoms with Gasteiger partial charge < -0.3 is 79.7 Å². The number of anilines is 4. The van der Waals surface area contributed by atoms with Crippen molar-refractivity contribution < 1.29 is 139 Å². The Morgan fingerprint density at radius 1 is 0.642 bits per heavy atom. The molecule has 2 saturated heterocycles. The number of hydrogen-bond donors (Lipinski definition) is 5. The molecule has 43 heteroatoms. The number of ether oxygens (including phenoxy) is 2. The van der Waals surface area contributed by atoms with Crippen LogP contribution in [0.4, 0.5) is 50.4 Å². The number of phenols is 3. The molecule has 0 aromatic heterocycles. The summed E-state index contributed by atoms with van der Waals surface area (Å²) < 4.78 is 115. The van der Waals surface area contributed by atoms with E-state index in [4.69, 9.17) is 85.1 Å². The molecule has 4 aliphatic rings. The second-order valence-electron chi connectivity index (χ2n) is 24.6. The third-order valence-corrected chi connectivity index (χ3v) is 17.1. The predicted octanol–water partition coefficient (Wildman–Crippen LogP) is 14.1. The molecular weight excluding hydrogens is 1940 g/mol. The number of carbonyl (C=O) groups is 5. The molecule has 4 aliphatic heterocycles. The van der Waals surface area contributed by atoms with Crippen molar-refractivity contribution in [1.82, 2.24) is 0 Å². The summed E-state index contributed by atoms with van der Waals surface area (Å²) in [7, 11) is 7.33. The van der Waals surface area contributed by atoms with Crippen molar-refractivity contribution in [2.75, 3.05) is 46.5 Å². The number of amides is 1. The molecule has 106 heavy (non-hydrogen) atoms. The monoisotopic (exact) mass is 2010 g/mol. The second-order valence-corrected chi connectivity index (χ2v) is 34.1. The van der Waals surface area contributed by atoms with Gasteiger partial charge in [0, 0.05) is 67.3 Å². The zero-order chi connectivity index (χ0) is 81.3. The van der Waals surface area contributed by atoms with Gasteiger partial charge >= 0.3 is 93.3 Å². The first kappa shape index (κ1) is 102. The maximum atomic E-state index is 13.6. The van der Waals surface area contributed by atoms with E-state index in [9.17, 15) is 61.1 Å². The van der Waals surface area contributed by atoms with E-state index in [1.54, 1.807) is 17.0 Å². The van der Waals surface area contributed by atoms with Crippen LogP contribution < -0.4 is 59.9 Å². The van der Waals surface area contributed by atoms with E-state index in [0.717, 1.165) is 55.7 Å². The molecule has 0 bridgehead atoms. The van der Waals surface area contributed by atoms with Crippen LogP contribution in [-0.4, -0.2) is 156 Å². The Balaban J connectivity index is 0. The summed E-state index contributed by atoms with van der Waals surface area (Å²) in [6.07, 6.45) is 0. The van der Waals surface area contributed by atoms with Crippen LogP contribution in [-0.2, 0) is 56.6 Å². The summed E-state index contributed by atoms with van der Waals surface area (Å²) in [5, 5.41) is 39.6. The standard InChI is InChI=1S/C12H24B2O4.C11H11BrFNO2.C11H13BrFNO.C9H11BrFNO.C6H9BO6.C6H3BrFNO3.C6H5BrFNO.C2H2Cl2O.2ClH.Na.Sn.H/c1-9(2)10(3,4)16-13(15-9)14-17-11(5,6)12(7,8)18-14;1-6(2)14-9-4-7(12)3-8(13)11(9)16-5-10(14)15;1-7(2)14-3-4-15-11-9(13)5-8(12)6-10(11)14;1-5(2)12-8-4-6(10)3-7(11)9(8)13;1-4(8)11-7(12-5(2)9)13-6(3)10;7-3-1-4(8)6(10)5(2-3)9(11)12;7-3-1-4(8)6(10)5(9)2-3;3-1-2(4)5;;;;;/h1-8H3;3-4,6H,5H2,1-2H3;5-7H,3-4H2,1-2H3;3-5,12-13H,1-2H3;1-3H3;1-2,10H;1-2,10H,9H2;1H2;2*1H;;;/q;;;;;;;;;;+1;+2;-1/p-2. The first-order valence-corrected chi connectivity index (χ1v) is 42.8. The van der Waals surface area contributed by atoms with Gasteiger partial charge in [0.05, 0.1) is 62.5 Å². The summed E-state index contributed by atoms with van der Waals surface area (Å²) in [6, 6.07) is 14.2. The van der Waals surface area contributed by atoms with Crippen LogP contribution in [0.1, 0.15) is 119 Å². The third kappa shape index (κ3) is 33.8. The SMILES string of the molecule is CC(=O)OB(OC(C)=O)OC(C)=O.CC(C)N1C(=O)COc2c(F)cc(Br)cc21.CC(C)N1CCOc2c(F)cc(Br)cc21.CC(C)Nc1cc(Br)cc(F)c1O.CC1(C)OB(B2OC(C)(C)C(C)(C)O2)OC1(C)C.Nc1cc(Br)cc(F)c1O.O=C(Cl)CCl.O=[N+]([O-])c1cc(Br)cc(F)c1O.[Cl][Sn][Cl].[H-].[Na+]. The molecule has 5 aromatic rings. The smallest absolute Gasteiger partial charge is 1.00 e. The Morgan fingerprint density at radius 3 is 1.35 bits per heavy atom. The Kier molecular flexibility index (Phi) is 45.6. The maximum Gasteiger partial charge on any atom is 1.00 e. The van der Waals surface area contributed by atoms with Gasteiger partial charge in [0.15, 0.2) is 58.7 Å². The fourth-order valence-electron chi connectivity index (χ4n) is 8.32. The molecular formula is C63H79B3Br5Cl4F5N5NaO19Sn. The number of nitrogens with one attached hydrogen (secondary N) is 1. The van der Waals surface area contributed by atoms with Gasteiger partial charge in [-0.2, -0.15) is 0 Å². The van der Waals surface area contributed by atoms with Gasteiger partial charge in [0.25, 0.3) is 23.8 Å². The largest absolute Gasteiger partial charge is 1.00 e. The quantitative estimate of drug-likeness (QED) is 0.0127. The molecule has 0 unspecified atom stereocenters. The second kappa shape index (κ2) is 47.1. The number of nitro groups is 1. The molecule has 0 spiro atoms. The van der Waals surface area contributed by atoms with Crippen molar-refractivity contribution in [3.63, 3.8) is 0 Å². The topological polar surface area (TPSA) is 317 Å². The van der Waals surface area contributed by atoms with E-state index < -0.39 is 109 Å². The van der Waals surface area contributed by atoms with Crippen LogP contribution in [0.3, 0.4) is 0 Å². The third-order valence-electron chi connectivity index (χ3n) is 14.3. The zero-order valence-electron chi connectivity index (χ0n) is 61.7. The molecule has 6 N–H and O–H groups in total. The Bertz CT molecular complexity index is 3700. The Labute approximate surface area is 706 Å². The molecule has 4 heterocycles. The maximum absolute atomic E-state index is 13.6. The van der Waals surface area contributed by atoms with E-state index in [-0.39, 0.29) is 111 Å². The fraction of sp³-hybridized carbons (Fsp3) is 0.444. The van der Waals surface area contributed by atoms with Gasteiger partial charge in [-0.05, 0) is 163 Å². The molecule has 0 aliphatic carbocycles. The number of carbonyl (C=O) groups excluding carboxylic acids is 5. The molecule has 1 amide bonds. The van der Waals surface area contributed by atoms with Crippen molar-refractivity contribution >= 4 is 218 Å². The molecule has 2 radical (unpaired) electrons. The number of aromatic hydroxyl groups is 3. The number of nitrogens with two attached hydrogens (primary N) is 1. The van der Waals surface area contributed by atoms with Crippen LogP contribution in [0.25, 0.3) is 0 Å². The van der Waals surface area contributed by atoms with Crippen LogP contribution >= 0.6 is 121 Å². The number of fused-ring (bicyclic) bond motifs is 2. The Hall–Kier alpha value is -3.51. The summed E-state index contributed by atoms with van der Waals surface area (Å²) in [5.41, 5.74) is 4.87. The average molecular weight is 2020 g/mol. The number of alkyl halides is 1. The van der Waals surface area contributed by atoms with Crippen LogP contribution in [0, 0.1) is 39.2 Å². The van der Waals surface area contributed by atoms with Crippen molar-refractivity contribution in [2.45, 2.75) is 158 Å². The van der Waals surface area contributed by atoms with Gasteiger partial charge in [-0.1, -0.05) is 79.6 Å². The zero-order valence-corrected chi connectivity index (χ0v) is 76.5. The number of nitrogen functional groups attached to an aromatic ring is 1. The molecule has 5 aromatic carbocycles. The van der Waals surface area contributed by atoms with E-state index in [1.165, 1.54) is 24.3 Å². The van der Waals surface area contributed by atoms with Gasteiger partial charge in [-0.15, -0.1) is 11.6 Å². The Morgan fingerprint density at radius 2 is 0.991 bits per heavy atom. The van der Waals surface area contributed by atoms with Crippen molar-refractivity contribution in [1.29, 1.82) is 0 Å². The van der Waals surface area contributed by atoms with E-state index in [1.807, 2.05) is 89.2 Å². The van der Waals surface area contributed by atoms with Gasteiger partial charge in [-0.3, -0.25) is 34.1 Å². The van der Waals surface area contributed by atoms with Crippen molar-refractivity contribution in [3.8, 4) is 28.7 Å². The predicted molar refractivity (Wildman–Crippen MR) is 415 cm³/mol. The minimum absolute atomic E-state index is 0. The molecule has 9 rings (SSSR count). The summed E-state index contributed by atoms with van der Waals surface area (Å²) in [5.74, 6) is -6.76. The number of rotatable bonds is 10. The van der Waals surface area contributed by atoms with E-state index in [0.29, 0.717) is 43.2 Å². The summed E-state index contributed by atoms with van der Waals surface area (Å²) in [6.45, 7) is 32.5. The number of phenolic OH excluding ortho intramolecular Hbond substituents is 3. The molecule has 2 fully saturated rings. The first-order chi connectivity index (χ1) is 48.2. The first-order valence-electron chi connectivity index (χ1n) is 30.7. The molecule has 0 saturated carbocycles. The fourth-order valence-corrected chi connectivity index (χ4v) is 10.5. The van der Waals surface area contributed by atoms with Gasteiger partial charge in [0.2, 0.25) is 11.0 Å².